The van der Waals surface area contributed by atoms with Gasteiger partial charge in [0.2, 0.25) is 5.91 Å². The molecule has 2 N–H and O–H groups in total. The quantitative estimate of drug-likeness (QED) is 0.703. The lowest BCUT2D eigenvalue weighted by atomic mass is 10.0. The van der Waals surface area contributed by atoms with E-state index in [2.05, 4.69) is 10.6 Å². The smallest absolute Gasteiger partial charge is 0.257 e. The lowest BCUT2D eigenvalue weighted by Crippen LogP contribution is -2.52. The number of halogens is 3. The van der Waals surface area contributed by atoms with Crippen LogP contribution in [0.5, 0.6) is 5.75 Å². The fourth-order valence-corrected chi connectivity index (χ4v) is 2.61. The fourth-order valence-electron chi connectivity index (χ4n) is 2.61. The zero-order valence-corrected chi connectivity index (χ0v) is 16.3. The number of rotatable bonds is 8. The summed E-state index contributed by atoms with van der Waals surface area (Å²) in [4.78, 5) is 24.9. The molecule has 29 heavy (non-hydrogen) atoms. The standard InChI is InChI=1S/C21H23F3N2O3/c1-12(2)19(26-20(27)18-15(23)8-6-9-16(18)24)21(28)25-13(3)11-29-17-10-5-4-7-14(17)22/h4-10,12-13,19H,11H2,1-3H3,(H,25,28)(H,26,27). The zero-order valence-electron chi connectivity index (χ0n) is 16.3. The molecule has 8 heteroatoms. The molecule has 0 aliphatic rings. The first-order valence-corrected chi connectivity index (χ1v) is 9.13. The number of amides is 2. The number of carbonyl (C=O) groups is 2. The molecule has 0 fully saturated rings. The van der Waals surface area contributed by atoms with Crippen molar-refractivity contribution >= 4 is 11.8 Å². The molecule has 2 amide bonds. The number of ether oxygens (including phenoxy) is 1. The molecule has 0 spiro atoms. The van der Waals surface area contributed by atoms with Crippen LogP contribution in [0.2, 0.25) is 0 Å². The molecule has 2 aromatic rings. The van der Waals surface area contributed by atoms with E-state index in [0.29, 0.717) is 0 Å². The van der Waals surface area contributed by atoms with Gasteiger partial charge in [-0.3, -0.25) is 9.59 Å². The summed E-state index contributed by atoms with van der Waals surface area (Å²) in [6.07, 6.45) is 0. The van der Waals surface area contributed by atoms with Crippen LogP contribution in [0, 0.1) is 23.4 Å². The molecule has 0 aromatic heterocycles. The molecular formula is C21H23F3N2O3. The zero-order chi connectivity index (χ0) is 21.6. The van der Waals surface area contributed by atoms with Crippen LogP contribution in [0.1, 0.15) is 31.1 Å². The Morgan fingerprint density at radius 3 is 2.07 bits per heavy atom. The first-order chi connectivity index (χ1) is 13.7. The van der Waals surface area contributed by atoms with Gasteiger partial charge in [0.15, 0.2) is 11.6 Å². The molecule has 2 atom stereocenters. The van der Waals surface area contributed by atoms with Crippen molar-refractivity contribution in [1.29, 1.82) is 0 Å². The maximum Gasteiger partial charge on any atom is 0.257 e. The van der Waals surface area contributed by atoms with Gasteiger partial charge in [-0.25, -0.2) is 13.2 Å². The van der Waals surface area contributed by atoms with Crippen LogP contribution in [0.4, 0.5) is 13.2 Å². The van der Waals surface area contributed by atoms with Crippen molar-refractivity contribution in [2.24, 2.45) is 5.92 Å². The van der Waals surface area contributed by atoms with Gasteiger partial charge in [0.1, 0.15) is 29.8 Å². The third-order valence-electron chi connectivity index (χ3n) is 4.14. The number of nitrogens with one attached hydrogen (secondary N) is 2. The summed E-state index contributed by atoms with van der Waals surface area (Å²) < 4.78 is 46.5. The Bertz CT molecular complexity index is 854. The van der Waals surface area contributed by atoms with Gasteiger partial charge in [0.25, 0.3) is 5.91 Å². The highest BCUT2D eigenvalue weighted by atomic mass is 19.1. The van der Waals surface area contributed by atoms with E-state index < -0.39 is 46.9 Å². The number of para-hydroxylation sites is 1. The van der Waals surface area contributed by atoms with Crippen LogP contribution >= 0.6 is 0 Å². The third kappa shape index (κ3) is 5.97. The van der Waals surface area contributed by atoms with Crippen molar-refractivity contribution in [3.63, 3.8) is 0 Å². The fraction of sp³-hybridized carbons (Fsp3) is 0.333. The normalized spacial score (nSPS) is 12.9. The summed E-state index contributed by atoms with van der Waals surface area (Å²) in [5, 5.41) is 5.02. The monoisotopic (exact) mass is 408 g/mol. The Balaban J connectivity index is 2.00. The molecule has 0 bridgehead atoms. The average Bonchev–Trinajstić information content (AvgIpc) is 2.65. The van der Waals surface area contributed by atoms with Gasteiger partial charge in [-0.15, -0.1) is 0 Å². The second kappa shape index (κ2) is 9.95. The van der Waals surface area contributed by atoms with Gasteiger partial charge in [0, 0.05) is 0 Å². The molecule has 0 saturated carbocycles. The highest BCUT2D eigenvalue weighted by Gasteiger charge is 2.28. The van der Waals surface area contributed by atoms with E-state index in [4.69, 9.17) is 4.74 Å². The predicted octanol–water partition coefficient (Wildman–Crippen LogP) is 3.44. The molecule has 0 saturated heterocycles. The van der Waals surface area contributed by atoms with E-state index >= 15 is 0 Å². The summed E-state index contributed by atoms with van der Waals surface area (Å²) in [6, 6.07) is 7.40. The second-order valence-electron chi connectivity index (χ2n) is 6.94. The number of hydrogen-bond donors (Lipinski definition) is 2. The van der Waals surface area contributed by atoms with E-state index in [1.807, 2.05) is 0 Å². The first kappa shape index (κ1) is 22.3. The van der Waals surface area contributed by atoms with Crippen molar-refractivity contribution in [3.8, 4) is 5.75 Å². The van der Waals surface area contributed by atoms with Crippen LogP contribution in [-0.4, -0.2) is 30.5 Å². The molecule has 0 radical (unpaired) electrons. The lowest BCUT2D eigenvalue weighted by Gasteiger charge is -2.24. The summed E-state index contributed by atoms with van der Waals surface area (Å²) in [5.41, 5.74) is -0.748. The second-order valence-corrected chi connectivity index (χ2v) is 6.94. The van der Waals surface area contributed by atoms with Gasteiger partial charge in [-0.05, 0) is 37.1 Å². The van der Waals surface area contributed by atoms with Crippen molar-refractivity contribution in [3.05, 3.63) is 65.5 Å². The van der Waals surface area contributed by atoms with Gasteiger partial charge in [-0.1, -0.05) is 32.0 Å². The van der Waals surface area contributed by atoms with Crippen molar-refractivity contribution < 1.29 is 27.5 Å². The summed E-state index contributed by atoms with van der Waals surface area (Å²) in [6.45, 7) is 5.01. The summed E-state index contributed by atoms with van der Waals surface area (Å²) in [7, 11) is 0. The number of hydrogen-bond acceptors (Lipinski definition) is 3. The maximum absolute atomic E-state index is 13.8. The van der Waals surface area contributed by atoms with Gasteiger partial charge in [0.05, 0.1) is 6.04 Å². The van der Waals surface area contributed by atoms with Crippen LogP contribution in [0.15, 0.2) is 42.5 Å². The molecular weight excluding hydrogens is 385 g/mol. The van der Waals surface area contributed by atoms with Gasteiger partial charge >= 0.3 is 0 Å². The predicted molar refractivity (Wildman–Crippen MR) is 102 cm³/mol. The van der Waals surface area contributed by atoms with Crippen molar-refractivity contribution in [2.45, 2.75) is 32.9 Å². The van der Waals surface area contributed by atoms with Gasteiger partial charge in [-0.2, -0.15) is 0 Å². The SMILES string of the molecule is CC(COc1ccccc1F)NC(=O)C(NC(=O)c1c(F)cccc1F)C(C)C. The van der Waals surface area contributed by atoms with E-state index in [-0.39, 0.29) is 18.3 Å². The Morgan fingerprint density at radius 2 is 1.48 bits per heavy atom. The van der Waals surface area contributed by atoms with E-state index in [9.17, 15) is 22.8 Å². The Labute approximate surface area is 167 Å². The molecule has 2 unspecified atom stereocenters. The van der Waals surface area contributed by atoms with Crippen LogP contribution in [-0.2, 0) is 4.79 Å². The Kier molecular flexibility index (Phi) is 7.64. The van der Waals surface area contributed by atoms with Crippen molar-refractivity contribution in [2.75, 3.05) is 6.61 Å². The molecule has 2 rings (SSSR count). The van der Waals surface area contributed by atoms with Crippen LogP contribution < -0.4 is 15.4 Å². The van der Waals surface area contributed by atoms with E-state index in [1.165, 1.54) is 18.2 Å². The molecule has 156 valence electrons. The highest BCUT2D eigenvalue weighted by molar-refractivity contribution is 5.98. The minimum Gasteiger partial charge on any atom is -0.488 e. The van der Waals surface area contributed by atoms with E-state index in [0.717, 1.165) is 18.2 Å². The lowest BCUT2D eigenvalue weighted by molar-refractivity contribution is -0.124. The summed E-state index contributed by atoms with van der Waals surface area (Å²) in [5.74, 6) is -4.43. The highest BCUT2D eigenvalue weighted by Crippen LogP contribution is 2.16. The van der Waals surface area contributed by atoms with Gasteiger partial charge < -0.3 is 15.4 Å². The van der Waals surface area contributed by atoms with Crippen LogP contribution in [0.25, 0.3) is 0 Å². The number of benzene rings is 2. The topological polar surface area (TPSA) is 67.4 Å². The average molecular weight is 408 g/mol. The Morgan fingerprint density at radius 1 is 0.897 bits per heavy atom. The van der Waals surface area contributed by atoms with Crippen LogP contribution in [0.3, 0.4) is 0 Å². The molecule has 0 aliphatic heterocycles. The van der Waals surface area contributed by atoms with E-state index in [1.54, 1.807) is 26.8 Å². The largest absolute Gasteiger partial charge is 0.488 e. The number of carbonyl (C=O) groups excluding carboxylic acids is 2. The minimum atomic E-state index is -1.03. The minimum absolute atomic E-state index is 0.00657. The molecule has 0 heterocycles. The summed E-state index contributed by atoms with van der Waals surface area (Å²) >= 11 is 0. The molecule has 5 nitrogen and oxygen atoms in total. The Hall–Kier alpha value is -3.03. The molecule has 0 aliphatic carbocycles. The first-order valence-electron chi connectivity index (χ1n) is 9.13. The third-order valence-corrected chi connectivity index (χ3v) is 4.14. The van der Waals surface area contributed by atoms with Crippen molar-refractivity contribution in [1.82, 2.24) is 10.6 Å². The maximum atomic E-state index is 13.8. The molecule has 2 aromatic carbocycles.